The van der Waals surface area contributed by atoms with Crippen LogP contribution in [-0.2, 0) is 0 Å². The molecule has 0 aromatic heterocycles. The summed E-state index contributed by atoms with van der Waals surface area (Å²) in [6, 6.07) is 5.12. The van der Waals surface area contributed by atoms with Crippen molar-refractivity contribution in [2.75, 3.05) is 0 Å². The Hall–Kier alpha value is -1.27. The van der Waals surface area contributed by atoms with Crippen molar-refractivity contribution in [3.63, 3.8) is 0 Å². The van der Waals surface area contributed by atoms with Gasteiger partial charge in [-0.1, -0.05) is 0 Å². The molecule has 1 aliphatic heterocycles. The molecule has 1 heterocycles. The van der Waals surface area contributed by atoms with Gasteiger partial charge in [-0.05, 0) is 25.1 Å². The Bertz CT molecular complexity index is 584. The van der Waals surface area contributed by atoms with E-state index in [0.29, 0.717) is 17.1 Å². The summed E-state index contributed by atoms with van der Waals surface area (Å²) >= 11 is 0. The van der Waals surface area contributed by atoms with Gasteiger partial charge in [-0.25, -0.2) is 0 Å². The first kappa shape index (κ1) is 16.1. The number of Topliss-reactive ketones (excluding diaryl/α,β-unsaturated/α-hetero) is 1. The Morgan fingerprint density at radius 2 is 1.81 bits per heavy atom. The van der Waals surface area contributed by atoms with Gasteiger partial charge in [0.05, 0.1) is 0 Å². The summed E-state index contributed by atoms with van der Waals surface area (Å²) in [4.78, 5) is 12.6. The first-order chi connectivity index (χ1) is 9.40. The molecule has 0 fully saturated rings. The van der Waals surface area contributed by atoms with Gasteiger partial charge in [0.15, 0.2) is 38.6 Å². The Labute approximate surface area is 129 Å². The van der Waals surface area contributed by atoms with Crippen LogP contribution in [0.4, 0.5) is 0 Å². The molecular weight excluding hydrogens is 264 g/mol. The maximum atomic E-state index is 12.6. The van der Waals surface area contributed by atoms with Crippen molar-refractivity contribution in [2.45, 2.75) is 23.5 Å². The SMILES string of the molecule is BC(B)(O)NC(B)(C)C(=O)c1ccc2c(c1)OC(B)(B)O2. The van der Waals surface area contributed by atoms with E-state index in [1.54, 1.807) is 48.7 Å². The van der Waals surface area contributed by atoms with Gasteiger partial charge in [-0.3, -0.25) is 10.1 Å². The van der Waals surface area contributed by atoms with Crippen LogP contribution in [0.5, 0.6) is 11.5 Å². The van der Waals surface area contributed by atoms with Gasteiger partial charge in [0.25, 0.3) is 0 Å². The molecule has 0 saturated heterocycles. The molecule has 0 bridgehead atoms. The van der Waals surface area contributed by atoms with Crippen molar-refractivity contribution in [3.05, 3.63) is 23.8 Å². The van der Waals surface area contributed by atoms with Crippen LogP contribution in [0.25, 0.3) is 0 Å². The van der Waals surface area contributed by atoms with Crippen LogP contribution in [0.2, 0.25) is 0 Å². The highest BCUT2D eigenvalue weighted by molar-refractivity contribution is 6.40. The van der Waals surface area contributed by atoms with Crippen molar-refractivity contribution >= 4 is 45.0 Å². The van der Waals surface area contributed by atoms with E-state index in [1.165, 1.54) is 0 Å². The zero-order valence-electron chi connectivity index (χ0n) is 13.4. The van der Waals surface area contributed by atoms with Gasteiger partial charge in [0.2, 0.25) is 0 Å². The summed E-state index contributed by atoms with van der Waals surface area (Å²) in [5, 5.41) is 12.8. The molecule has 1 aliphatic rings. The molecular formula is C11H18B5NO4. The van der Waals surface area contributed by atoms with Crippen LogP contribution >= 0.6 is 0 Å². The minimum atomic E-state index is -1.14. The number of rotatable bonds is 4. The van der Waals surface area contributed by atoms with Crippen LogP contribution < -0.4 is 14.8 Å². The molecule has 0 amide bonds. The normalized spacial score (nSPS) is 19.0. The fraction of sp³-hybridized carbons (Fsp3) is 0.364. The van der Waals surface area contributed by atoms with Crippen molar-refractivity contribution in [1.29, 1.82) is 0 Å². The fourth-order valence-electron chi connectivity index (χ4n) is 2.55. The van der Waals surface area contributed by atoms with Gasteiger partial charge >= 0.3 is 0 Å². The maximum Gasteiger partial charge on any atom is 0.197 e. The summed E-state index contributed by atoms with van der Waals surface area (Å²) in [6.07, 6.45) is 0. The van der Waals surface area contributed by atoms with E-state index in [9.17, 15) is 9.90 Å². The Balaban J connectivity index is 2.26. The van der Waals surface area contributed by atoms with Gasteiger partial charge in [-0.2, -0.15) is 0 Å². The molecule has 1 unspecified atom stereocenters. The van der Waals surface area contributed by atoms with Crippen molar-refractivity contribution in [2.24, 2.45) is 0 Å². The predicted molar refractivity (Wildman–Crippen MR) is 94.0 cm³/mol. The second-order valence-electron chi connectivity index (χ2n) is 6.90. The number of carbonyl (C=O) groups excluding carboxylic acids is 1. The molecule has 0 aliphatic carbocycles. The first-order valence-corrected chi connectivity index (χ1v) is 6.98. The van der Waals surface area contributed by atoms with Crippen molar-refractivity contribution in [3.8, 4) is 11.5 Å². The molecule has 0 spiro atoms. The Morgan fingerprint density at radius 1 is 1.24 bits per heavy atom. The first-order valence-electron chi connectivity index (χ1n) is 6.98. The quantitative estimate of drug-likeness (QED) is 0.330. The highest BCUT2D eigenvalue weighted by Gasteiger charge is 2.35. The molecule has 1 atom stereocenters. The molecule has 1 aromatic carbocycles. The zero-order chi connectivity index (χ0) is 16.1. The molecule has 21 heavy (non-hydrogen) atoms. The molecule has 0 saturated carbocycles. The van der Waals surface area contributed by atoms with E-state index < -0.39 is 16.5 Å². The summed E-state index contributed by atoms with van der Waals surface area (Å²) in [5.74, 6) is 1.07. The molecule has 10 heteroatoms. The lowest BCUT2D eigenvalue weighted by Crippen LogP contribution is -2.61. The van der Waals surface area contributed by atoms with Crippen molar-refractivity contribution < 1.29 is 19.4 Å². The van der Waals surface area contributed by atoms with E-state index in [0.717, 1.165) is 0 Å². The van der Waals surface area contributed by atoms with E-state index in [1.807, 2.05) is 15.7 Å². The molecule has 106 valence electrons. The van der Waals surface area contributed by atoms with Crippen molar-refractivity contribution in [1.82, 2.24) is 5.32 Å². The number of ketones is 1. The number of nitrogens with one attached hydrogen (secondary N) is 1. The monoisotopic (exact) mass is 283 g/mol. The van der Waals surface area contributed by atoms with Crippen LogP contribution in [0.3, 0.4) is 0 Å². The summed E-state index contributed by atoms with van der Waals surface area (Å²) in [5.41, 5.74) is -2.25. The molecule has 0 radical (unpaired) electrons. The molecule has 2 rings (SSSR count). The number of fused-ring (bicyclic) bond motifs is 1. The van der Waals surface area contributed by atoms with Gasteiger partial charge in [0.1, 0.15) is 23.5 Å². The smallest absolute Gasteiger partial charge is 0.197 e. The summed E-state index contributed by atoms with van der Waals surface area (Å²) in [6.45, 7) is 1.74. The maximum absolute atomic E-state index is 12.6. The average molecular weight is 282 g/mol. The summed E-state index contributed by atoms with van der Waals surface area (Å²) < 4.78 is 11.3. The van der Waals surface area contributed by atoms with Gasteiger partial charge in [0, 0.05) is 16.5 Å². The lowest BCUT2D eigenvalue weighted by Gasteiger charge is -2.33. The van der Waals surface area contributed by atoms with Crippen LogP contribution in [0, 0.1) is 0 Å². The minimum Gasteiger partial charge on any atom is -0.467 e. The lowest BCUT2D eigenvalue weighted by atomic mass is 9.66. The molecule has 2 N–H and O–H groups in total. The zero-order valence-corrected chi connectivity index (χ0v) is 13.4. The number of benzene rings is 1. The minimum absolute atomic E-state index is 0.124. The van der Waals surface area contributed by atoms with Crippen LogP contribution in [0.1, 0.15) is 17.3 Å². The third-order valence-electron chi connectivity index (χ3n) is 3.10. The topological polar surface area (TPSA) is 67.8 Å². The fourth-order valence-corrected chi connectivity index (χ4v) is 2.55. The molecule has 1 aromatic rings. The Morgan fingerprint density at radius 3 is 2.38 bits per heavy atom. The largest absolute Gasteiger partial charge is 0.467 e. The average Bonchev–Trinajstić information content (AvgIpc) is 2.57. The van der Waals surface area contributed by atoms with E-state index in [-0.39, 0.29) is 5.78 Å². The number of aliphatic hydroxyl groups is 1. The number of hydrogen-bond donors (Lipinski definition) is 2. The number of hydrogen-bond acceptors (Lipinski definition) is 5. The third-order valence-corrected chi connectivity index (χ3v) is 3.10. The number of carbonyl (C=O) groups is 1. The standard InChI is InChI=1S/C11H18B5NO4/c1-9(12,17-10(13,14)19)8(18)5-2-3-6-7(4-5)21-11(15,16)20-6/h2-4,17,19H,12-16H2,1H3. The Kier molecular flexibility index (Phi) is 3.75. The van der Waals surface area contributed by atoms with Crippen LogP contribution in [0.15, 0.2) is 18.2 Å². The van der Waals surface area contributed by atoms with Gasteiger partial charge in [-0.15, -0.1) is 0 Å². The van der Waals surface area contributed by atoms with E-state index in [4.69, 9.17) is 9.47 Å². The third kappa shape index (κ3) is 3.68. The highest BCUT2D eigenvalue weighted by Crippen LogP contribution is 2.38. The lowest BCUT2D eigenvalue weighted by molar-refractivity contribution is 0.0824. The second kappa shape index (κ2) is 4.88. The molecule has 5 nitrogen and oxygen atoms in total. The van der Waals surface area contributed by atoms with E-state index in [2.05, 4.69) is 5.32 Å². The van der Waals surface area contributed by atoms with Crippen LogP contribution in [-0.4, -0.2) is 66.7 Å². The second-order valence-corrected chi connectivity index (χ2v) is 6.90. The summed E-state index contributed by atoms with van der Waals surface area (Å²) in [7, 11) is 8.57. The van der Waals surface area contributed by atoms with Gasteiger partial charge < -0.3 is 14.6 Å². The van der Waals surface area contributed by atoms with E-state index >= 15 is 0 Å². The highest BCUT2D eigenvalue weighted by atomic mass is 16.7. The number of ether oxygens (including phenoxy) is 2. The predicted octanol–water partition coefficient (Wildman–Crippen LogP) is -4.67.